The van der Waals surface area contributed by atoms with Crippen molar-refractivity contribution in [2.24, 2.45) is 0 Å². The summed E-state index contributed by atoms with van der Waals surface area (Å²) in [4.78, 5) is 15.4. The molecule has 1 N–H and O–H groups in total. The van der Waals surface area contributed by atoms with Crippen molar-refractivity contribution < 1.29 is 9.18 Å². The third-order valence-corrected chi connectivity index (χ3v) is 4.06. The van der Waals surface area contributed by atoms with Crippen molar-refractivity contribution in [3.8, 4) is 0 Å². The van der Waals surface area contributed by atoms with Gasteiger partial charge in [-0.15, -0.1) is 0 Å². The van der Waals surface area contributed by atoms with E-state index in [9.17, 15) is 9.18 Å². The minimum Gasteiger partial charge on any atom is -0.381 e. The van der Waals surface area contributed by atoms with Crippen LogP contribution in [0.15, 0.2) is 18.2 Å². The summed E-state index contributed by atoms with van der Waals surface area (Å²) >= 11 is 6.06. The Morgan fingerprint density at radius 2 is 2.10 bits per heavy atom. The van der Waals surface area contributed by atoms with Crippen LogP contribution in [0, 0.1) is 5.82 Å². The van der Waals surface area contributed by atoms with E-state index in [4.69, 9.17) is 11.6 Å². The molecule has 1 fully saturated rings. The Balaban J connectivity index is 1.84. The number of piperidine rings is 1. The Bertz CT molecular complexity index is 502. The summed E-state index contributed by atoms with van der Waals surface area (Å²) in [5.41, 5.74) is 0.638. The molecule has 1 aromatic rings. The number of carbonyl (C=O) groups is 1. The lowest BCUT2D eigenvalue weighted by atomic mass is 10.0. The molecular weight excluding hydrogens is 293 g/mol. The van der Waals surface area contributed by atoms with Crippen LogP contribution in [0.5, 0.6) is 0 Å². The third kappa shape index (κ3) is 4.58. The number of hydrogen-bond donors (Lipinski definition) is 1. The van der Waals surface area contributed by atoms with E-state index in [0.717, 1.165) is 25.9 Å². The van der Waals surface area contributed by atoms with Crippen molar-refractivity contribution in [3.05, 3.63) is 29.0 Å². The molecular formula is C15H21ClFN3O. The Morgan fingerprint density at radius 3 is 2.71 bits per heavy atom. The van der Waals surface area contributed by atoms with E-state index < -0.39 is 0 Å². The number of anilines is 1. The smallest absolute Gasteiger partial charge is 0.236 e. The zero-order valence-corrected chi connectivity index (χ0v) is 13.2. The Kier molecular flexibility index (Phi) is 5.42. The number of halogens is 2. The van der Waals surface area contributed by atoms with Gasteiger partial charge in [-0.25, -0.2) is 4.39 Å². The lowest BCUT2D eigenvalue weighted by Gasteiger charge is -2.33. The van der Waals surface area contributed by atoms with Gasteiger partial charge in [0.15, 0.2) is 0 Å². The second-order valence-corrected chi connectivity index (χ2v) is 6.01. The number of likely N-dealkylation sites (N-methyl/N-ethyl adjacent to an activating group) is 1. The molecule has 0 bridgehead atoms. The summed E-state index contributed by atoms with van der Waals surface area (Å²) < 4.78 is 13.2. The first kappa shape index (κ1) is 16.0. The first-order valence-corrected chi connectivity index (χ1v) is 7.47. The van der Waals surface area contributed by atoms with E-state index in [2.05, 4.69) is 10.2 Å². The highest BCUT2D eigenvalue weighted by atomic mass is 35.5. The maximum Gasteiger partial charge on any atom is 0.236 e. The Labute approximate surface area is 129 Å². The SMILES string of the molecule is CN(C)C(=O)CN1CCC(Nc2cc(F)ccc2Cl)CC1. The van der Waals surface area contributed by atoms with Crippen LogP contribution in [0.3, 0.4) is 0 Å². The molecule has 1 aliphatic rings. The molecule has 0 aliphatic carbocycles. The number of benzene rings is 1. The van der Waals surface area contributed by atoms with Crippen molar-refractivity contribution in [2.45, 2.75) is 18.9 Å². The van der Waals surface area contributed by atoms with Crippen molar-refractivity contribution in [2.75, 3.05) is 39.0 Å². The van der Waals surface area contributed by atoms with Gasteiger partial charge in [-0.1, -0.05) is 11.6 Å². The number of likely N-dealkylation sites (tertiary alicyclic amines) is 1. The predicted molar refractivity (Wildman–Crippen MR) is 83.2 cm³/mol. The van der Waals surface area contributed by atoms with Gasteiger partial charge in [0.25, 0.3) is 0 Å². The van der Waals surface area contributed by atoms with Crippen LogP contribution in [0.2, 0.25) is 5.02 Å². The van der Waals surface area contributed by atoms with Gasteiger partial charge in [-0.3, -0.25) is 9.69 Å². The molecule has 0 aromatic heterocycles. The highest BCUT2D eigenvalue weighted by molar-refractivity contribution is 6.33. The molecule has 116 valence electrons. The molecule has 0 radical (unpaired) electrons. The number of nitrogens with one attached hydrogen (secondary N) is 1. The molecule has 2 rings (SSSR count). The van der Waals surface area contributed by atoms with Crippen molar-refractivity contribution >= 4 is 23.2 Å². The lowest BCUT2D eigenvalue weighted by Crippen LogP contribution is -2.43. The third-order valence-electron chi connectivity index (χ3n) is 3.73. The monoisotopic (exact) mass is 313 g/mol. The highest BCUT2D eigenvalue weighted by Crippen LogP contribution is 2.25. The second kappa shape index (κ2) is 7.09. The molecule has 21 heavy (non-hydrogen) atoms. The molecule has 4 nitrogen and oxygen atoms in total. The fourth-order valence-electron chi connectivity index (χ4n) is 2.40. The molecule has 6 heteroatoms. The van der Waals surface area contributed by atoms with E-state index in [1.807, 2.05) is 0 Å². The first-order valence-electron chi connectivity index (χ1n) is 7.10. The zero-order valence-electron chi connectivity index (χ0n) is 12.4. The second-order valence-electron chi connectivity index (χ2n) is 5.61. The van der Waals surface area contributed by atoms with Gasteiger partial charge in [0.1, 0.15) is 5.82 Å². The van der Waals surface area contributed by atoms with E-state index in [1.165, 1.54) is 12.1 Å². The molecule has 0 saturated carbocycles. The lowest BCUT2D eigenvalue weighted by molar-refractivity contribution is -0.130. The van der Waals surface area contributed by atoms with Gasteiger partial charge in [-0.05, 0) is 31.0 Å². The van der Waals surface area contributed by atoms with Gasteiger partial charge in [0.05, 0.1) is 17.3 Å². The van der Waals surface area contributed by atoms with E-state index in [0.29, 0.717) is 17.3 Å². The van der Waals surface area contributed by atoms with Crippen LogP contribution in [0.25, 0.3) is 0 Å². The topological polar surface area (TPSA) is 35.6 Å². The number of hydrogen-bond acceptors (Lipinski definition) is 3. The van der Waals surface area contributed by atoms with Gasteiger partial charge >= 0.3 is 0 Å². The van der Waals surface area contributed by atoms with E-state index in [1.54, 1.807) is 25.1 Å². The fraction of sp³-hybridized carbons (Fsp3) is 0.533. The first-order chi connectivity index (χ1) is 9.95. The summed E-state index contributed by atoms with van der Waals surface area (Å²) in [6, 6.07) is 4.59. The van der Waals surface area contributed by atoms with Crippen molar-refractivity contribution in [1.29, 1.82) is 0 Å². The molecule has 1 aromatic carbocycles. The summed E-state index contributed by atoms with van der Waals surface area (Å²) in [6.07, 6.45) is 1.82. The maximum atomic E-state index is 13.2. The average Bonchev–Trinajstić information content (AvgIpc) is 2.45. The molecule has 1 saturated heterocycles. The normalized spacial score (nSPS) is 16.8. The standard InChI is InChI=1S/C15H21ClFN3O/c1-19(2)15(21)10-20-7-5-12(6-8-20)18-14-9-11(17)3-4-13(14)16/h3-4,9,12,18H,5-8,10H2,1-2H3. The Hall–Kier alpha value is -1.33. The number of nitrogens with zero attached hydrogens (tertiary/aromatic N) is 2. The largest absolute Gasteiger partial charge is 0.381 e. The number of amides is 1. The average molecular weight is 314 g/mol. The maximum absolute atomic E-state index is 13.2. The molecule has 1 amide bonds. The minimum absolute atomic E-state index is 0.120. The van der Waals surface area contributed by atoms with Gasteiger partial charge in [-0.2, -0.15) is 0 Å². The van der Waals surface area contributed by atoms with Gasteiger partial charge < -0.3 is 10.2 Å². The predicted octanol–water partition coefficient (Wildman–Crippen LogP) is 2.44. The summed E-state index contributed by atoms with van der Waals surface area (Å²) in [7, 11) is 3.53. The molecule has 0 unspecified atom stereocenters. The van der Waals surface area contributed by atoms with Crippen LogP contribution < -0.4 is 5.32 Å². The highest BCUT2D eigenvalue weighted by Gasteiger charge is 2.21. The quantitative estimate of drug-likeness (QED) is 0.927. The molecule has 1 aliphatic heterocycles. The van der Waals surface area contributed by atoms with Crippen LogP contribution in [-0.4, -0.2) is 55.5 Å². The minimum atomic E-state index is -0.295. The fourth-order valence-corrected chi connectivity index (χ4v) is 2.57. The summed E-state index contributed by atoms with van der Waals surface area (Å²) in [6.45, 7) is 2.16. The van der Waals surface area contributed by atoms with Gasteiger partial charge in [0.2, 0.25) is 5.91 Å². The zero-order chi connectivity index (χ0) is 15.4. The van der Waals surface area contributed by atoms with E-state index >= 15 is 0 Å². The van der Waals surface area contributed by atoms with Crippen molar-refractivity contribution in [1.82, 2.24) is 9.80 Å². The number of carbonyl (C=O) groups excluding carboxylic acids is 1. The van der Waals surface area contributed by atoms with Crippen LogP contribution in [0.4, 0.5) is 10.1 Å². The summed E-state index contributed by atoms with van der Waals surface area (Å²) in [5, 5.41) is 3.82. The molecule has 1 heterocycles. The Morgan fingerprint density at radius 1 is 1.43 bits per heavy atom. The van der Waals surface area contributed by atoms with E-state index in [-0.39, 0.29) is 17.8 Å². The summed E-state index contributed by atoms with van der Waals surface area (Å²) in [5.74, 6) is -0.175. The molecule has 0 atom stereocenters. The van der Waals surface area contributed by atoms with Crippen molar-refractivity contribution in [3.63, 3.8) is 0 Å². The van der Waals surface area contributed by atoms with Crippen LogP contribution >= 0.6 is 11.6 Å². The van der Waals surface area contributed by atoms with Gasteiger partial charge in [0, 0.05) is 33.2 Å². The van der Waals surface area contributed by atoms with Crippen LogP contribution in [-0.2, 0) is 4.79 Å². The number of rotatable bonds is 4. The molecule has 0 spiro atoms. The van der Waals surface area contributed by atoms with Crippen LogP contribution in [0.1, 0.15) is 12.8 Å².